The van der Waals surface area contributed by atoms with Crippen LogP contribution in [0.4, 0.5) is 5.82 Å². The first-order valence-electron chi connectivity index (χ1n) is 5.83. The molecule has 0 aliphatic heterocycles. The number of aromatic nitrogens is 2. The lowest BCUT2D eigenvalue weighted by Crippen LogP contribution is -2.27. The molecule has 0 bridgehead atoms. The largest absolute Gasteiger partial charge is 0.383 e. The molecular formula is C13H15ClN4O. The van der Waals surface area contributed by atoms with E-state index < -0.39 is 0 Å². The fourth-order valence-electron chi connectivity index (χ4n) is 1.80. The number of halogens is 1. The summed E-state index contributed by atoms with van der Waals surface area (Å²) in [6.07, 6.45) is 1.45. The van der Waals surface area contributed by atoms with Gasteiger partial charge in [0.15, 0.2) is 0 Å². The number of hydrogen-bond donors (Lipinski definition) is 2. The van der Waals surface area contributed by atoms with Crippen LogP contribution >= 0.6 is 11.6 Å². The summed E-state index contributed by atoms with van der Waals surface area (Å²) in [5.41, 5.74) is 6.98. The van der Waals surface area contributed by atoms with Crippen molar-refractivity contribution in [1.82, 2.24) is 15.1 Å². The zero-order valence-electron chi connectivity index (χ0n) is 10.7. The number of nitrogens with one attached hydrogen (secondary N) is 1. The van der Waals surface area contributed by atoms with Crippen LogP contribution in [0.1, 0.15) is 28.9 Å². The van der Waals surface area contributed by atoms with Gasteiger partial charge in [0.05, 0.1) is 12.2 Å². The van der Waals surface area contributed by atoms with E-state index >= 15 is 0 Å². The molecule has 1 heterocycles. The average Bonchev–Trinajstić information content (AvgIpc) is 2.70. The Labute approximate surface area is 116 Å². The van der Waals surface area contributed by atoms with E-state index in [0.29, 0.717) is 16.4 Å². The van der Waals surface area contributed by atoms with Crippen molar-refractivity contribution in [2.24, 2.45) is 7.05 Å². The van der Waals surface area contributed by atoms with Gasteiger partial charge < -0.3 is 11.1 Å². The summed E-state index contributed by atoms with van der Waals surface area (Å²) in [5.74, 6) is 0.0712. The van der Waals surface area contributed by atoms with Gasteiger partial charge in [-0.15, -0.1) is 0 Å². The van der Waals surface area contributed by atoms with Gasteiger partial charge in [0, 0.05) is 12.1 Å². The monoisotopic (exact) mass is 278 g/mol. The zero-order chi connectivity index (χ0) is 14.0. The molecule has 1 unspecified atom stereocenters. The van der Waals surface area contributed by atoms with Crippen LogP contribution in [-0.4, -0.2) is 15.7 Å². The molecule has 0 fully saturated rings. The minimum atomic E-state index is -0.266. The minimum Gasteiger partial charge on any atom is -0.383 e. The van der Waals surface area contributed by atoms with Crippen LogP contribution in [0.15, 0.2) is 30.5 Å². The third-order valence-corrected chi connectivity index (χ3v) is 3.29. The molecular weight excluding hydrogens is 264 g/mol. The summed E-state index contributed by atoms with van der Waals surface area (Å²) in [6.45, 7) is 1.87. The Balaban J connectivity index is 2.16. The molecule has 2 rings (SSSR count). The molecule has 0 saturated heterocycles. The van der Waals surface area contributed by atoms with E-state index in [-0.39, 0.29) is 11.9 Å². The van der Waals surface area contributed by atoms with Gasteiger partial charge in [-0.1, -0.05) is 29.8 Å². The van der Waals surface area contributed by atoms with Crippen LogP contribution < -0.4 is 11.1 Å². The highest BCUT2D eigenvalue weighted by atomic mass is 35.5. The highest BCUT2D eigenvalue weighted by molar-refractivity contribution is 6.31. The molecule has 3 N–H and O–H groups in total. The molecule has 0 radical (unpaired) electrons. The Hall–Kier alpha value is -2.01. The highest BCUT2D eigenvalue weighted by Gasteiger charge is 2.17. The van der Waals surface area contributed by atoms with Gasteiger partial charge >= 0.3 is 0 Å². The van der Waals surface area contributed by atoms with Crippen molar-refractivity contribution in [1.29, 1.82) is 0 Å². The van der Waals surface area contributed by atoms with Crippen molar-refractivity contribution in [2.45, 2.75) is 13.0 Å². The number of carbonyl (C=O) groups excluding carboxylic acids is 1. The summed E-state index contributed by atoms with van der Waals surface area (Å²) in [4.78, 5) is 12.1. The fraction of sp³-hybridized carbons (Fsp3) is 0.231. The Morgan fingerprint density at radius 2 is 2.16 bits per heavy atom. The maximum absolute atomic E-state index is 12.1. The van der Waals surface area contributed by atoms with Gasteiger partial charge in [-0.05, 0) is 18.6 Å². The van der Waals surface area contributed by atoms with E-state index in [1.807, 2.05) is 25.1 Å². The number of aryl methyl sites for hydroxylation is 1. The number of amides is 1. The Bertz CT molecular complexity index is 608. The molecule has 1 aromatic heterocycles. The van der Waals surface area contributed by atoms with E-state index in [2.05, 4.69) is 10.4 Å². The van der Waals surface area contributed by atoms with Crippen molar-refractivity contribution in [3.63, 3.8) is 0 Å². The molecule has 0 aliphatic carbocycles. The van der Waals surface area contributed by atoms with Crippen LogP contribution in [0.5, 0.6) is 0 Å². The van der Waals surface area contributed by atoms with Gasteiger partial charge in [-0.25, -0.2) is 0 Å². The normalized spacial score (nSPS) is 12.2. The Morgan fingerprint density at radius 1 is 1.47 bits per heavy atom. The Kier molecular flexibility index (Phi) is 3.76. The first-order valence-corrected chi connectivity index (χ1v) is 6.21. The number of benzene rings is 1. The summed E-state index contributed by atoms with van der Waals surface area (Å²) >= 11 is 6.09. The molecule has 0 saturated carbocycles. The summed E-state index contributed by atoms with van der Waals surface area (Å²) in [6, 6.07) is 7.18. The number of rotatable bonds is 3. The molecule has 6 heteroatoms. The van der Waals surface area contributed by atoms with Crippen LogP contribution in [0.3, 0.4) is 0 Å². The second kappa shape index (κ2) is 5.32. The van der Waals surface area contributed by atoms with Crippen molar-refractivity contribution in [2.75, 3.05) is 5.73 Å². The second-order valence-electron chi connectivity index (χ2n) is 4.28. The number of hydrogen-bond acceptors (Lipinski definition) is 3. The maximum Gasteiger partial charge on any atom is 0.257 e. The number of anilines is 1. The lowest BCUT2D eigenvalue weighted by Gasteiger charge is -2.15. The van der Waals surface area contributed by atoms with Crippen LogP contribution in [0, 0.1) is 0 Å². The lowest BCUT2D eigenvalue weighted by molar-refractivity contribution is 0.0941. The molecule has 0 spiro atoms. The molecule has 100 valence electrons. The highest BCUT2D eigenvalue weighted by Crippen LogP contribution is 2.22. The standard InChI is InChI=1S/C13H15ClN4O/c1-8(9-5-3-4-6-11(9)14)17-13(19)10-7-16-18(2)12(10)15/h3-8H,15H2,1-2H3,(H,17,19). The summed E-state index contributed by atoms with van der Waals surface area (Å²) < 4.78 is 1.45. The number of carbonyl (C=O) groups is 1. The van der Waals surface area contributed by atoms with Gasteiger partial charge in [0.25, 0.3) is 5.91 Å². The van der Waals surface area contributed by atoms with E-state index in [0.717, 1.165) is 5.56 Å². The second-order valence-corrected chi connectivity index (χ2v) is 4.69. The number of nitrogens with two attached hydrogens (primary N) is 1. The minimum absolute atomic E-state index is 0.208. The topological polar surface area (TPSA) is 72.9 Å². The van der Waals surface area contributed by atoms with Crippen molar-refractivity contribution < 1.29 is 4.79 Å². The van der Waals surface area contributed by atoms with Crippen molar-refractivity contribution in [3.05, 3.63) is 46.6 Å². The third-order valence-electron chi connectivity index (χ3n) is 2.95. The predicted molar refractivity (Wildman–Crippen MR) is 75.0 cm³/mol. The van der Waals surface area contributed by atoms with Gasteiger partial charge in [-0.3, -0.25) is 9.48 Å². The fourth-order valence-corrected chi connectivity index (χ4v) is 2.10. The SMILES string of the molecule is CC(NC(=O)c1cnn(C)c1N)c1ccccc1Cl. The molecule has 19 heavy (non-hydrogen) atoms. The third kappa shape index (κ3) is 2.71. The van der Waals surface area contributed by atoms with Crippen LogP contribution in [0.25, 0.3) is 0 Å². The number of nitrogen functional groups attached to an aromatic ring is 1. The molecule has 1 aromatic carbocycles. The van der Waals surface area contributed by atoms with Gasteiger partial charge in [0.1, 0.15) is 11.4 Å². The number of nitrogens with zero attached hydrogens (tertiary/aromatic N) is 2. The smallest absolute Gasteiger partial charge is 0.257 e. The average molecular weight is 279 g/mol. The lowest BCUT2D eigenvalue weighted by atomic mass is 10.1. The molecule has 0 aliphatic rings. The molecule has 1 atom stereocenters. The van der Waals surface area contributed by atoms with Crippen molar-refractivity contribution in [3.8, 4) is 0 Å². The molecule has 1 amide bonds. The zero-order valence-corrected chi connectivity index (χ0v) is 11.5. The van der Waals surface area contributed by atoms with E-state index in [1.54, 1.807) is 13.1 Å². The van der Waals surface area contributed by atoms with E-state index in [1.165, 1.54) is 10.9 Å². The van der Waals surface area contributed by atoms with E-state index in [4.69, 9.17) is 17.3 Å². The quantitative estimate of drug-likeness (QED) is 0.903. The Morgan fingerprint density at radius 3 is 2.74 bits per heavy atom. The predicted octanol–water partition coefficient (Wildman–Crippen LogP) is 2.15. The van der Waals surface area contributed by atoms with E-state index in [9.17, 15) is 4.79 Å². The molecule has 2 aromatic rings. The van der Waals surface area contributed by atoms with Crippen molar-refractivity contribution >= 4 is 23.3 Å². The summed E-state index contributed by atoms with van der Waals surface area (Å²) in [7, 11) is 1.68. The van der Waals surface area contributed by atoms with Crippen LogP contribution in [0.2, 0.25) is 5.02 Å². The van der Waals surface area contributed by atoms with Gasteiger partial charge in [0.2, 0.25) is 0 Å². The maximum atomic E-state index is 12.1. The first-order chi connectivity index (χ1) is 9.00. The van der Waals surface area contributed by atoms with Gasteiger partial charge in [-0.2, -0.15) is 5.10 Å². The van der Waals surface area contributed by atoms with Crippen LogP contribution in [-0.2, 0) is 7.05 Å². The molecule has 5 nitrogen and oxygen atoms in total. The summed E-state index contributed by atoms with van der Waals surface area (Å²) in [5, 5.41) is 7.41. The first kappa shape index (κ1) is 13.4.